The predicted molar refractivity (Wildman–Crippen MR) is 124 cm³/mol. The summed E-state index contributed by atoms with van der Waals surface area (Å²) in [6, 6.07) is 0. The van der Waals surface area contributed by atoms with Crippen LogP contribution in [0.4, 0.5) is 0 Å². The molecule has 0 amide bonds. The second kappa shape index (κ2) is 19.8. The maximum Gasteiger partial charge on any atom is 0.359 e. The SMILES string of the molecule is CCCCCC/C=C/CCCCCCCCCCC[N+](CC(=O)[O-])(CC(=O)O)CC(=O)O. The standard InChI is InChI=1S/C25H45NO6/c1-2-3-4-5-6-7-8-9-10-11-12-13-14-15-16-17-18-19-26(20-23(27)28,21-24(29)30)22-25(31)32/h7-8H,2-6,9-22H2,1H3,(H2-,27,28,29,30,31,32)/b8-7+. The number of hydrogen-bond acceptors (Lipinski definition) is 4. The summed E-state index contributed by atoms with van der Waals surface area (Å²) in [6.07, 6.45) is 22.0. The van der Waals surface area contributed by atoms with E-state index in [9.17, 15) is 19.5 Å². The highest BCUT2D eigenvalue weighted by Gasteiger charge is 2.33. The molecule has 0 saturated heterocycles. The van der Waals surface area contributed by atoms with E-state index in [1.54, 1.807) is 0 Å². The fraction of sp³-hybridized carbons (Fsp3) is 0.800. The molecule has 0 spiro atoms. The molecule has 0 aliphatic rings. The zero-order valence-electron chi connectivity index (χ0n) is 20.1. The summed E-state index contributed by atoms with van der Waals surface area (Å²) in [6.45, 7) is 0.824. The van der Waals surface area contributed by atoms with Crippen LogP contribution in [0.3, 0.4) is 0 Å². The van der Waals surface area contributed by atoms with Crippen molar-refractivity contribution >= 4 is 17.9 Å². The first-order valence-electron chi connectivity index (χ1n) is 12.4. The van der Waals surface area contributed by atoms with Gasteiger partial charge >= 0.3 is 11.9 Å². The summed E-state index contributed by atoms with van der Waals surface area (Å²) in [4.78, 5) is 33.3. The van der Waals surface area contributed by atoms with Crippen LogP contribution < -0.4 is 5.11 Å². The van der Waals surface area contributed by atoms with Gasteiger partial charge in [0, 0.05) is 0 Å². The molecular formula is C25H45NO6. The topological polar surface area (TPSA) is 115 Å². The van der Waals surface area contributed by atoms with Gasteiger partial charge in [0.05, 0.1) is 12.5 Å². The molecule has 7 nitrogen and oxygen atoms in total. The summed E-state index contributed by atoms with van der Waals surface area (Å²) in [5, 5.41) is 29.2. The number of hydrogen-bond donors (Lipinski definition) is 2. The Morgan fingerprint density at radius 3 is 1.47 bits per heavy atom. The fourth-order valence-electron chi connectivity index (χ4n) is 4.12. The normalized spacial score (nSPS) is 11.8. The number of carboxylic acid groups (broad SMARTS) is 3. The van der Waals surface area contributed by atoms with Crippen LogP contribution in [0.15, 0.2) is 12.2 Å². The predicted octanol–water partition coefficient (Wildman–Crippen LogP) is 4.15. The molecule has 7 heteroatoms. The van der Waals surface area contributed by atoms with Crippen LogP contribution in [0.25, 0.3) is 0 Å². The molecule has 0 aliphatic carbocycles. The maximum absolute atomic E-state index is 11.1. The van der Waals surface area contributed by atoms with Gasteiger partial charge < -0.3 is 24.6 Å². The van der Waals surface area contributed by atoms with Crippen molar-refractivity contribution in [3.05, 3.63) is 12.2 Å². The summed E-state index contributed by atoms with van der Waals surface area (Å²) < 4.78 is -0.500. The second-order valence-corrected chi connectivity index (χ2v) is 8.99. The highest BCUT2D eigenvalue weighted by atomic mass is 16.4. The smallest absolute Gasteiger partial charge is 0.359 e. The van der Waals surface area contributed by atoms with Crippen molar-refractivity contribution in [3.63, 3.8) is 0 Å². The Bertz CT molecular complexity index is 506. The first-order valence-corrected chi connectivity index (χ1v) is 12.4. The quantitative estimate of drug-likeness (QED) is 0.136. The van der Waals surface area contributed by atoms with E-state index in [0.29, 0.717) is 6.42 Å². The second-order valence-electron chi connectivity index (χ2n) is 8.99. The monoisotopic (exact) mass is 455 g/mol. The highest BCUT2D eigenvalue weighted by Crippen LogP contribution is 2.14. The van der Waals surface area contributed by atoms with Gasteiger partial charge in [-0.25, -0.2) is 9.59 Å². The van der Waals surface area contributed by atoms with Crippen LogP contribution in [0.5, 0.6) is 0 Å². The Labute approximate surface area is 194 Å². The summed E-state index contributed by atoms with van der Waals surface area (Å²) in [7, 11) is 0. The number of aliphatic carboxylic acids is 3. The Hall–Kier alpha value is -1.89. The van der Waals surface area contributed by atoms with Crippen LogP contribution in [0.2, 0.25) is 0 Å². The van der Waals surface area contributed by atoms with Gasteiger partial charge in [-0.15, -0.1) is 0 Å². The van der Waals surface area contributed by atoms with E-state index < -0.39 is 42.0 Å². The average molecular weight is 456 g/mol. The fourth-order valence-corrected chi connectivity index (χ4v) is 4.12. The van der Waals surface area contributed by atoms with Crippen molar-refractivity contribution in [1.82, 2.24) is 0 Å². The number of carboxylic acids is 3. The van der Waals surface area contributed by atoms with E-state index in [1.165, 1.54) is 64.2 Å². The molecule has 2 N–H and O–H groups in total. The van der Waals surface area contributed by atoms with Crippen LogP contribution >= 0.6 is 0 Å². The van der Waals surface area contributed by atoms with Crippen molar-refractivity contribution in [1.29, 1.82) is 0 Å². The van der Waals surface area contributed by atoms with Gasteiger partial charge in [-0.05, 0) is 38.5 Å². The van der Waals surface area contributed by atoms with Gasteiger partial charge in [0.1, 0.15) is 6.54 Å². The third kappa shape index (κ3) is 18.8. The van der Waals surface area contributed by atoms with E-state index in [-0.39, 0.29) is 6.54 Å². The largest absolute Gasteiger partial charge is 0.544 e. The lowest BCUT2D eigenvalue weighted by Crippen LogP contribution is -2.59. The van der Waals surface area contributed by atoms with Gasteiger partial charge in [0.25, 0.3) is 0 Å². The molecule has 0 heterocycles. The average Bonchev–Trinajstić information content (AvgIpc) is 2.68. The van der Waals surface area contributed by atoms with Crippen LogP contribution in [0, 0.1) is 0 Å². The molecule has 32 heavy (non-hydrogen) atoms. The van der Waals surface area contributed by atoms with Crippen molar-refractivity contribution in [2.75, 3.05) is 26.2 Å². The van der Waals surface area contributed by atoms with Crippen molar-refractivity contribution in [2.45, 2.75) is 103 Å². The van der Waals surface area contributed by atoms with Crippen LogP contribution in [-0.4, -0.2) is 58.8 Å². The summed E-state index contributed by atoms with van der Waals surface area (Å²) in [5.41, 5.74) is 0. The Morgan fingerprint density at radius 2 is 1.06 bits per heavy atom. The lowest BCUT2D eigenvalue weighted by Gasteiger charge is -2.36. The zero-order valence-corrected chi connectivity index (χ0v) is 20.1. The number of quaternary nitrogens is 1. The lowest BCUT2D eigenvalue weighted by atomic mass is 10.1. The van der Waals surface area contributed by atoms with E-state index in [1.807, 2.05) is 0 Å². The molecule has 0 fully saturated rings. The number of rotatable bonds is 23. The van der Waals surface area contributed by atoms with Gasteiger partial charge in [-0.2, -0.15) is 0 Å². The number of unbranched alkanes of at least 4 members (excludes halogenated alkanes) is 13. The van der Waals surface area contributed by atoms with Crippen molar-refractivity contribution in [3.8, 4) is 0 Å². The third-order valence-corrected chi connectivity index (χ3v) is 5.80. The Balaban J connectivity index is 3.84. The highest BCUT2D eigenvalue weighted by molar-refractivity contribution is 5.72. The third-order valence-electron chi connectivity index (χ3n) is 5.80. The van der Waals surface area contributed by atoms with E-state index in [0.717, 1.165) is 25.7 Å². The summed E-state index contributed by atoms with van der Waals surface area (Å²) in [5.74, 6) is -3.82. The zero-order chi connectivity index (χ0) is 24.1. The van der Waals surface area contributed by atoms with Gasteiger partial charge in [0.15, 0.2) is 13.1 Å². The van der Waals surface area contributed by atoms with Crippen molar-refractivity contribution < 1.29 is 34.2 Å². The molecule has 0 rings (SSSR count). The van der Waals surface area contributed by atoms with E-state index in [2.05, 4.69) is 19.1 Å². The molecule has 0 bridgehead atoms. The lowest BCUT2D eigenvalue weighted by molar-refractivity contribution is -0.909. The Kier molecular flexibility index (Phi) is 18.6. The molecule has 0 saturated carbocycles. The molecule has 0 aromatic heterocycles. The Morgan fingerprint density at radius 1 is 0.656 bits per heavy atom. The van der Waals surface area contributed by atoms with E-state index >= 15 is 0 Å². The molecule has 0 unspecified atom stereocenters. The van der Waals surface area contributed by atoms with Gasteiger partial charge in [-0.3, -0.25) is 0 Å². The minimum Gasteiger partial charge on any atom is -0.544 e. The molecule has 0 aromatic rings. The minimum absolute atomic E-state index is 0.221. The van der Waals surface area contributed by atoms with E-state index in [4.69, 9.17) is 10.2 Å². The first kappa shape index (κ1) is 30.1. The number of carbonyl (C=O) groups excluding carboxylic acids is 1. The summed E-state index contributed by atoms with van der Waals surface area (Å²) >= 11 is 0. The van der Waals surface area contributed by atoms with Gasteiger partial charge in [0.2, 0.25) is 0 Å². The molecule has 186 valence electrons. The van der Waals surface area contributed by atoms with Gasteiger partial charge in [-0.1, -0.05) is 76.9 Å². The number of carbonyl (C=O) groups is 3. The van der Waals surface area contributed by atoms with Crippen LogP contribution in [0.1, 0.15) is 103 Å². The number of nitrogens with zero attached hydrogens (tertiary/aromatic N) is 1. The molecular weight excluding hydrogens is 410 g/mol. The number of allylic oxidation sites excluding steroid dienone is 2. The molecule has 0 atom stereocenters. The molecule has 0 aromatic carbocycles. The van der Waals surface area contributed by atoms with Crippen LogP contribution in [-0.2, 0) is 14.4 Å². The molecule has 0 radical (unpaired) electrons. The van der Waals surface area contributed by atoms with Crippen molar-refractivity contribution in [2.24, 2.45) is 0 Å². The maximum atomic E-state index is 11.1. The first-order chi connectivity index (χ1) is 15.3. The molecule has 0 aliphatic heterocycles. The minimum atomic E-state index is -1.42.